The van der Waals surface area contributed by atoms with Crippen molar-refractivity contribution >= 4 is 11.6 Å². The highest BCUT2D eigenvalue weighted by Crippen LogP contribution is 2.29. The molecule has 4 nitrogen and oxygen atoms in total. The number of anilines is 1. The van der Waals surface area contributed by atoms with Crippen LogP contribution in [0.15, 0.2) is 18.2 Å². The molecular weight excluding hydrogens is 228 g/mol. The standard InChI is InChI=1S/C14H20N2O2/c1-9-6-7-13(18-2)12(8-9)16-14(17)10-4-3-5-11(10)15/h6-8,10-11H,3-5,15H2,1-2H3,(H,16,17). The van der Waals surface area contributed by atoms with Gasteiger partial charge in [-0.05, 0) is 37.5 Å². The van der Waals surface area contributed by atoms with E-state index in [9.17, 15) is 4.79 Å². The lowest BCUT2D eigenvalue weighted by Crippen LogP contribution is -2.34. The van der Waals surface area contributed by atoms with Crippen molar-refractivity contribution in [3.8, 4) is 5.75 Å². The van der Waals surface area contributed by atoms with E-state index in [4.69, 9.17) is 10.5 Å². The summed E-state index contributed by atoms with van der Waals surface area (Å²) >= 11 is 0. The first kappa shape index (κ1) is 12.9. The SMILES string of the molecule is COc1ccc(C)cc1NC(=O)C1CCCC1N. The molecule has 1 saturated carbocycles. The maximum absolute atomic E-state index is 12.2. The fourth-order valence-corrected chi connectivity index (χ4v) is 2.46. The van der Waals surface area contributed by atoms with Gasteiger partial charge in [0.25, 0.3) is 0 Å². The third kappa shape index (κ3) is 2.64. The molecule has 1 aromatic rings. The van der Waals surface area contributed by atoms with E-state index in [0.29, 0.717) is 5.75 Å². The van der Waals surface area contributed by atoms with Crippen molar-refractivity contribution in [2.75, 3.05) is 12.4 Å². The van der Waals surface area contributed by atoms with Gasteiger partial charge in [0.1, 0.15) is 5.75 Å². The van der Waals surface area contributed by atoms with Crippen LogP contribution in [0.1, 0.15) is 24.8 Å². The molecule has 1 aliphatic rings. The van der Waals surface area contributed by atoms with Crippen molar-refractivity contribution < 1.29 is 9.53 Å². The van der Waals surface area contributed by atoms with Gasteiger partial charge in [-0.1, -0.05) is 12.5 Å². The number of hydrogen-bond donors (Lipinski definition) is 2. The lowest BCUT2D eigenvalue weighted by Gasteiger charge is -2.17. The molecule has 0 heterocycles. The summed E-state index contributed by atoms with van der Waals surface area (Å²) in [6.07, 6.45) is 2.84. The van der Waals surface area contributed by atoms with Crippen LogP contribution in [0.25, 0.3) is 0 Å². The molecule has 0 aromatic heterocycles. The van der Waals surface area contributed by atoms with E-state index >= 15 is 0 Å². The molecule has 1 amide bonds. The van der Waals surface area contributed by atoms with Crippen LogP contribution < -0.4 is 15.8 Å². The lowest BCUT2D eigenvalue weighted by molar-refractivity contribution is -0.120. The molecule has 4 heteroatoms. The van der Waals surface area contributed by atoms with Gasteiger partial charge in [-0.2, -0.15) is 0 Å². The van der Waals surface area contributed by atoms with E-state index in [2.05, 4.69) is 5.32 Å². The topological polar surface area (TPSA) is 64.3 Å². The minimum atomic E-state index is -0.0739. The Morgan fingerprint density at radius 3 is 2.83 bits per heavy atom. The first-order valence-corrected chi connectivity index (χ1v) is 6.33. The van der Waals surface area contributed by atoms with Gasteiger partial charge in [-0.3, -0.25) is 4.79 Å². The average Bonchev–Trinajstić information content (AvgIpc) is 2.76. The molecule has 0 bridgehead atoms. The number of ether oxygens (including phenoxy) is 1. The lowest BCUT2D eigenvalue weighted by atomic mass is 10.0. The molecule has 0 radical (unpaired) electrons. The van der Waals surface area contributed by atoms with E-state index in [1.165, 1.54) is 0 Å². The van der Waals surface area contributed by atoms with Crippen LogP contribution in [0.4, 0.5) is 5.69 Å². The Morgan fingerprint density at radius 1 is 1.44 bits per heavy atom. The Kier molecular flexibility index (Phi) is 3.87. The van der Waals surface area contributed by atoms with Gasteiger partial charge < -0.3 is 15.8 Å². The smallest absolute Gasteiger partial charge is 0.229 e. The molecule has 2 rings (SSSR count). The number of benzene rings is 1. The predicted molar refractivity (Wildman–Crippen MR) is 71.7 cm³/mol. The summed E-state index contributed by atoms with van der Waals surface area (Å²) in [5.74, 6) is 0.611. The summed E-state index contributed by atoms with van der Waals surface area (Å²) in [4.78, 5) is 12.2. The summed E-state index contributed by atoms with van der Waals surface area (Å²) in [5, 5.41) is 2.93. The van der Waals surface area contributed by atoms with Gasteiger partial charge in [0.05, 0.1) is 18.7 Å². The summed E-state index contributed by atoms with van der Waals surface area (Å²) < 4.78 is 5.24. The Labute approximate surface area is 108 Å². The number of amides is 1. The van der Waals surface area contributed by atoms with Gasteiger partial charge in [-0.25, -0.2) is 0 Å². The molecule has 1 fully saturated rings. The van der Waals surface area contributed by atoms with Crippen molar-refractivity contribution in [3.05, 3.63) is 23.8 Å². The highest BCUT2D eigenvalue weighted by Gasteiger charge is 2.30. The molecule has 98 valence electrons. The number of carbonyl (C=O) groups excluding carboxylic acids is 1. The maximum Gasteiger partial charge on any atom is 0.229 e. The van der Waals surface area contributed by atoms with Crippen molar-refractivity contribution in [1.29, 1.82) is 0 Å². The van der Waals surface area contributed by atoms with Crippen molar-refractivity contribution in [2.24, 2.45) is 11.7 Å². The quantitative estimate of drug-likeness (QED) is 0.860. The van der Waals surface area contributed by atoms with Crippen LogP contribution in [0.3, 0.4) is 0 Å². The van der Waals surface area contributed by atoms with E-state index in [-0.39, 0.29) is 17.9 Å². The van der Waals surface area contributed by atoms with Gasteiger partial charge in [-0.15, -0.1) is 0 Å². The monoisotopic (exact) mass is 248 g/mol. The minimum absolute atomic E-state index is 0.00361. The molecule has 18 heavy (non-hydrogen) atoms. The molecular formula is C14H20N2O2. The zero-order valence-corrected chi connectivity index (χ0v) is 10.9. The van der Waals surface area contributed by atoms with Gasteiger partial charge in [0.15, 0.2) is 0 Å². The van der Waals surface area contributed by atoms with Crippen LogP contribution in [-0.2, 0) is 4.79 Å². The Hall–Kier alpha value is -1.55. The van der Waals surface area contributed by atoms with Gasteiger partial charge >= 0.3 is 0 Å². The van der Waals surface area contributed by atoms with Crippen LogP contribution >= 0.6 is 0 Å². The van der Waals surface area contributed by atoms with Crippen LogP contribution in [0, 0.1) is 12.8 Å². The van der Waals surface area contributed by atoms with Crippen LogP contribution in [0.2, 0.25) is 0 Å². The molecule has 2 unspecified atom stereocenters. The van der Waals surface area contributed by atoms with Crippen molar-refractivity contribution in [1.82, 2.24) is 0 Å². The molecule has 1 aliphatic carbocycles. The van der Waals surface area contributed by atoms with E-state index in [0.717, 1.165) is 30.5 Å². The van der Waals surface area contributed by atoms with E-state index in [1.807, 2.05) is 25.1 Å². The molecule has 0 aliphatic heterocycles. The third-order valence-corrected chi connectivity index (χ3v) is 3.52. The molecule has 3 N–H and O–H groups in total. The largest absolute Gasteiger partial charge is 0.495 e. The van der Waals surface area contributed by atoms with E-state index in [1.54, 1.807) is 7.11 Å². The highest BCUT2D eigenvalue weighted by atomic mass is 16.5. The number of nitrogens with two attached hydrogens (primary N) is 1. The van der Waals surface area contributed by atoms with Crippen LogP contribution in [-0.4, -0.2) is 19.1 Å². The normalized spacial score (nSPS) is 22.8. The second-order valence-electron chi connectivity index (χ2n) is 4.89. The number of aryl methyl sites for hydroxylation is 1. The second kappa shape index (κ2) is 5.40. The fourth-order valence-electron chi connectivity index (χ4n) is 2.46. The summed E-state index contributed by atoms with van der Waals surface area (Å²) in [6.45, 7) is 1.98. The highest BCUT2D eigenvalue weighted by molar-refractivity contribution is 5.94. The van der Waals surface area contributed by atoms with Gasteiger partial charge in [0.2, 0.25) is 5.91 Å². The molecule has 0 saturated heterocycles. The fraction of sp³-hybridized carbons (Fsp3) is 0.500. The summed E-state index contributed by atoms with van der Waals surface area (Å²) in [6, 6.07) is 5.72. The number of rotatable bonds is 3. The van der Waals surface area contributed by atoms with E-state index < -0.39 is 0 Å². The molecule has 0 spiro atoms. The Balaban J connectivity index is 2.13. The second-order valence-corrected chi connectivity index (χ2v) is 4.89. The molecule has 2 atom stereocenters. The summed E-state index contributed by atoms with van der Waals surface area (Å²) in [7, 11) is 1.60. The maximum atomic E-state index is 12.2. The minimum Gasteiger partial charge on any atom is -0.495 e. The molecule has 1 aromatic carbocycles. The Morgan fingerprint density at radius 2 is 2.22 bits per heavy atom. The number of carbonyl (C=O) groups is 1. The number of methoxy groups -OCH3 is 1. The van der Waals surface area contributed by atoms with Gasteiger partial charge in [0, 0.05) is 6.04 Å². The summed E-state index contributed by atoms with van der Waals surface area (Å²) in [5.41, 5.74) is 7.75. The number of nitrogens with one attached hydrogen (secondary N) is 1. The third-order valence-electron chi connectivity index (χ3n) is 3.52. The van der Waals surface area contributed by atoms with Crippen molar-refractivity contribution in [3.63, 3.8) is 0 Å². The average molecular weight is 248 g/mol. The first-order chi connectivity index (χ1) is 8.61. The zero-order valence-electron chi connectivity index (χ0n) is 10.9. The first-order valence-electron chi connectivity index (χ1n) is 6.33. The van der Waals surface area contributed by atoms with Crippen LogP contribution in [0.5, 0.6) is 5.75 Å². The van der Waals surface area contributed by atoms with Crippen molar-refractivity contribution in [2.45, 2.75) is 32.2 Å². The predicted octanol–water partition coefficient (Wildman–Crippen LogP) is 2.07. The zero-order chi connectivity index (χ0) is 13.1. The number of hydrogen-bond acceptors (Lipinski definition) is 3. The Bertz CT molecular complexity index is 445.